The zero-order valence-corrected chi connectivity index (χ0v) is 29.4. The Balaban J connectivity index is 1.24. The summed E-state index contributed by atoms with van der Waals surface area (Å²) in [6.45, 7) is 0. The summed E-state index contributed by atoms with van der Waals surface area (Å²) >= 11 is 0. The molecule has 0 bridgehead atoms. The predicted octanol–water partition coefficient (Wildman–Crippen LogP) is 13.5. The van der Waals surface area contributed by atoms with E-state index in [1.807, 2.05) is 24.3 Å². The quantitative estimate of drug-likeness (QED) is 0.183. The van der Waals surface area contributed by atoms with Crippen molar-refractivity contribution in [1.82, 2.24) is 14.5 Å². The monoisotopic (exact) mass is 703 g/mol. The van der Waals surface area contributed by atoms with Crippen molar-refractivity contribution in [2.45, 2.75) is 0 Å². The van der Waals surface area contributed by atoms with Gasteiger partial charge in [0.2, 0.25) is 5.95 Å². The lowest BCUT2D eigenvalue weighted by molar-refractivity contribution is 0.666. The maximum Gasteiger partial charge on any atom is 0.236 e. The minimum Gasteiger partial charge on any atom is -0.455 e. The fourth-order valence-electron chi connectivity index (χ4n) is 8.56. The van der Waals surface area contributed by atoms with Crippen LogP contribution in [-0.2, 0) is 0 Å². The Morgan fingerprint density at radius 3 is 1.62 bits per heavy atom. The highest BCUT2D eigenvalue weighted by Gasteiger charge is 2.26. The van der Waals surface area contributed by atoms with Crippen LogP contribution in [0.3, 0.4) is 0 Å². The number of rotatable bonds is 4. The van der Waals surface area contributed by atoms with E-state index in [0.717, 1.165) is 105 Å². The Bertz CT molecular complexity index is 3430. The third-order valence-electron chi connectivity index (χ3n) is 11.0. The van der Waals surface area contributed by atoms with Crippen molar-refractivity contribution >= 4 is 76.6 Å². The number of hydrogen-bond acceptors (Lipinski definition) is 4. The summed E-state index contributed by atoms with van der Waals surface area (Å²) in [5, 5.41) is 7.50. The molecule has 0 fully saturated rings. The smallest absolute Gasteiger partial charge is 0.236 e. The Hall–Kier alpha value is -7.50. The molecule has 12 aromatic rings. The normalized spacial score (nSPS) is 12.0. The molecule has 0 N–H and O–H groups in total. The van der Waals surface area contributed by atoms with Crippen LogP contribution in [0.1, 0.15) is 0 Å². The van der Waals surface area contributed by atoms with E-state index in [1.54, 1.807) is 0 Å². The minimum atomic E-state index is 0.562. The van der Waals surface area contributed by atoms with E-state index >= 15 is 0 Å². The average molecular weight is 704 g/mol. The van der Waals surface area contributed by atoms with Crippen LogP contribution >= 0.6 is 0 Å². The molecule has 4 heterocycles. The molecule has 5 nitrogen and oxygen atoms in total. The van der Waals surface area contributed by atoms with E-state index in [0.29, 0.717) is 11.5 Å². The van der Waals surface area contributed by atoms with Crippen molar-refractivity contribution in [1.29, 1.82) is 0 Å². The molecule has 256 valence electrons. The van der Waals surface area contributed by atoms with Crippen LogP contribution < -0.4 is 0 Å². The molecule has 0 saturated carbocycles. The first-order valence-electron chi connectivity index (χ1n) is 18.5. The highest BCUT2D eigenvalue weighted by molar-refractivity contribution is 6.35. The SMILES string of the molecule is c1ccc(-c2cc(-c3ccccc3)cc(-c3nc(-n4c5ccccc5c5c6oc7ccccc7c6c6ccccc6c54)nc4c3oc3ccccc34)c2)cc1. The zero-order valence-electron chi connectivity index (χ0n) is 29.4. The molecule has 0 unspecified atom stereocenters. The fourth-order valence-corrected chi connectivity index (χ4v) is 8.56. The van der Waals surface area contributed by atoms with Crippen molar-refractivity contribution in [3.8, 4) is 39.5 Å². The van der Waals surface area contributed by atoms with Gasteiger partial charge in [-0.15, -0.1) is 0 Å². The van der Waals surface area contributed by atoms with Crippen LogP contribution in [0.15, 0.2) is 185 Å². The average Bonchev–Trinajstić information content (AvgIpc) is 3.94. The van der Waals surface area contributed by atoms with E-state index in [2.05, 4.69) is 156 Å². The zero-order chi connectivity index (χ0) is 36.0. The van der Waals surface area contributed by atoms with Gasteiger partial charge in [-0.05, 0) is 70.1 Å². The minimum absolute atomic E-state index is 0.562. The van der Waals surface area contributed by atoms with Gasteiger partial charge < -0.3 is 8.83 Å². The standard InChI is InChI=1S/C50H29N3O2/c1-3-15-30(16-4-1)32-27-33(31-17-5-2-6-18-31)29-34(28-32)45-49-46(39-23-11-14-26-42(39)55-49)52-50(51-45)53-40-24-12-9-21-37(40)44-47(53)36-20-8-7-19-35(36)43-38-22-10-13-25-41(38)54-48(43)44/h1-29H. The van der Waals surface area contributed by atoms with Crippen molar-refractivity contribution in [2.75, 3.05) is 0 Å². The van der Waals surface area contributed by atoms with Crippen LogP contribution in [0.2, 0.25) is 0 Å². The second kappa shape index (κ2) is 11.5. The molecular weight excluding hydrogens is 675 g/mol. The van der Waals surface area contributed by atoms with Gasteiger partial charge in [0.05, 0.1) is 16.4 Å². The highest BCUT2D eigenvalue weighted by atomic mass is 16.3. The van der Waals surface area contributed by atoms with Crippen LogP contribution in [0.5, 0.6) is 0 Å². The van der Waals surface area contributed by atoms with Crippen LogP contribution in [0.4, 0.5) is 0 Å². The summed E-state index contributed by atoms with van der Waals surface area (Å²) in [6, 6.07) is 61.3. The Morgan fingerprint density at radius 1 is 0.382 bits per heavy atom. The molecule has 4 aromatic heterocycles. The number of benzene rings is 8. The van der Waals surface area contributed by atoms with E-state index < -0.39 is 0 Å². The van der Waals surface area contributed by atoms with Crippen molar-refractivity contribution in [3.63, 3.8) is 0 Å². The Morgan fingerprint density at radius 2 is 0.909 bits per heavy atom. The second-order valence-electron chi connectivity index (χ2n) is 14.1. The van der Waals surface area contributed by atoms with Crippen molar-refractivity contribution in [2.24, 2.45) is 0 Å². The van der Waals surface area contributed by atoms with E-state index in [9.17, 15) is 0 Å². The van der Waals surface area contributed by atoms with Gasteiger partial charge in [-0.2, -0.15) is 0 Å². The summed E-state index contributed by atoms with van der Waals surface area (Å²) in [6.07, 6.45) is 0. The van der Waals surface area contributed by atoms with Gasteiger partial charge in [0.15, 0.2) is 5.58 Å². The third kappa shape index (κ3) is 4.41. The van der Waals surface area contributed by atoms with Gasteiger partial charge in [0.1, 0.15) is 28.0 Å². The summed E-state index contributed by atoms with van der Waals surface area (Å²) in [4.78, 5) is 10.9. The number of fused-ring (bicyclic) bond motifs is 13. The number of hydrogen-bond donors (Lipinski definition) is 0. The molecule has 0 aliphatic carbocycles. The summed E-state index contributed by atoms with van der Waals surface area (Å²) in [5.74, 6) is 0.562. The predicted molar refractivity (Wildman–Crippen MR) is 225 cm³/mol. The number of para-hydroxylation sites is 3. The molecule has 0 amide bonds. The molecule has 55 heavy (non-hydrogen) atoms. The molecule has 0 aliphatic heterocycles. The number of aromatic nitrogens is 3. The van der Waals surface area contributed by atoms with Gasteiger partial charge in [-0.3, -0.25) is 4.57 Å². The molecule has 0 spiro atoms. The van der Waals surface area contributed by atoms with Crippen LogP contribution in [-0.4, -0.2) is 14.5 Å². The van der Waals surface area contributed by atoms with Crippen molar-refractivity contribution in [3.05, 3.63) is 176 Å². The summed E-state index contributed by atoms with van der Waals surface area (Å²) in [7, 11) is 0. The first-order valence-corrected chi connectivity index (χ1v) is 18.5. The third-order valence-corrected chi connectivity index (χ3v) is 11.0. The molecule has 0 atom stereocenters. The maximum absolute atomic E-state index is 6.78. The lowest BCUT2D eigenvalue weighted by Gasteiger charge is -2.13. The summed E-state index contributed by atoms with van der Waals surface area (Å²) in [5.41, 5.74) is 12.0. The van der Waals surface area contributed by atoms with Gasteiger partial charge in [-0.1, -0.05) is 133 Å². The molecule has 12 rings (SSSR count). The lowest BCUT2D eigenvalue weighted by atomic mass is 9.95. The van der Waals surface area contributed by atoms with E-state index in [4.69, 9.17) is 18.8 Å². The number of nitrogens with zero attached hydrogens (tertiary/aromatic N) is 3. The van der Waals surface area contributed by atoms with Crippen LogP contribution in [0, 0.1) is 0 Å². The molecule has 0 radical (unpaired) electrons. The van der Waals surface area contributed by atoms with E-state index in [1.165, 1.54) is 0 Å². The van der Waals surface area contributed by atoms with Gasteiger partial charge in [0.25, 0.3) is 0 Å². The molecular formula is C50H29N3O2. The largest absolute Gasteiger partial charge is 0.455 e. The first kappa shape index (κ1) is 30.0. The fraction of sp³-hybridized carbons (Fsp3) is 0. The second-order valence-corrected chi connectivity index (χ2v) is 14.1. The molecule has 0 saturated heterocycles. The van der Waals surface area contributed by atoms with Crippen LogP contribution in [0.25, 0.3) is 116 Å². The van der Waals surface area contributed by atoms with Gasteiger partial charge in [-0.25, -0.2) is 9.97 Å². The summed E-state index contributed by atoms with van der Waals surface area (Å²) < 4.78 is 15.7. The Kier molecular flexibility index (Phi) is 6.27. The highest BCUT2D eigenvalue weighted by Crippen LogP contribution is 2.46. The first-order chi connectivity index (χ1) is 27.3. The Labute approximate surface area is 314 Å². The van der Waals surface area contributed by atoms with Gasteiger partial charge in [0, 0.05) is 32.5 Å². The van der Waals surface area contributed by atoms with Crippen molar-refractivity contribution < 1.29 is 8.83 Å². The molecule has 8 aromatic carbocycles. The molecule has 0 aliphatic rings. The van der Waals surface area contributed by atoms with E-state index in [-0.39, 0.29) is 0 Å². The lowest BCUT2D eigenvalue weighted by Crippen LogP contribution is -2.03. The molecule has 5 heteroatoms. The maximum atomic E-state index is 6.78. The van der Waals surface area contributed by atoms with Gasteiger partial charge >= 0.3 is 0 Å². The number of furan rings is 2. The topological polar surface area (TPSA) is 57.0 Å².